The smallest absolute Gasteiger partial charge is 0.333 e. The lowest BCUT2D eigenvalue weighted by Crippen LogP contribution is -2.35. The number of hydrogen-bond acceptors (Lipinski definition) is 6. The molecule has 2 rings (SSSR count). The van der Waals surface area contributed by atoms with Gasteiger partial charge in [0.1, 0.15) is 11.2 Å². The molecule has 0 fully saturated rings. The van der Waals surface area contributed by atoms with Crippen LogP contribution < -0.4 is 14.8 Å². The fourth-order valence-corrected chi connectivity index (χ4v) is 3.26. The number of nitrogens with zero attached hydrogens (tertiary/aromatic N) is 1. The van der Waals surface area contributed by atoms with Gasteiger partial charge in [-0.05, 0) is 32.4 Å². The molecule has 0 saturated carbocycles. The normalized spacial score (nSPS) is 12.3. The highest BCUT2D eigenvalue weighted by atomic mass is 32.1. The fourth-order valence-electron chi connectivity index (χ4n) is 2.23. The molecule has 6 nitrogen and oxygen atoms in total. The largest absolute Gasteiger partial charge is 0.465 e. The number of hydrogen-bond donors (Lipinski definition) is 0. The third-order valence-electron chi connectivity index (χ3n) is 3.43. The van der Waals surface area contributed by atoms with E-state index in [9.17, 15) is 14.4 Å². The van der Waals surface area contributed by atoms with Gasteiger partial charge in [0.25, 0.3) is 5.56 Å². The van der Waals surface area contributed by atoms with E-state index >= 15 is 0 Å². The van der Waals surface area contributed by atoms with Crippen LogP contribution in [0.25, 0.3) is 12.2 Å². The van der Waals surface area contributed by atoms with Gasteiger partial charge in [-0.3, -0.25) is 14.2 Å². The van der Waals surface area contributed by atoms with E-state index in [0.717, 1.165) is 22.5 Å². The Hall–Kier alpha value is -2.67. The minimum atomic E-state index is -0.562. The average molecular weight is 375 g/mol. The Balaban J connectivity index is 2.55. The van der Waals surface area contributed by atoms with Gasteiger partial charge in [-0.1, -0.05) is 29.8 Å². The molecule has 0 amide bonds. The molecule has 0 unspecified atom stereocenters. The Bertz CT molecular complexity index is 953. The Morgan fingerprint density at radius 2 is 1.77 bits per heavy atom. The third-order valence-corrected chi connectivity index (χ3v) is 4.49. The van der Waals surface area contributed by atoms with Crippen LogP contribution in [0.5, 0.6) is 0 Å². The van der Waals surface area contributed by atoms with Gasteiger partial charge in [0.15, 0.2) is 0 Å². The van der Waals surface area contributed by atoms with Crippen LogP contribution in [0.1, 0.15) is 25.0 Å². The Kier molecular flexibility index (Phi) is 6.91. The van der Waals surface area contributed by atoms with Gasteiger partial charge < -0.3 is 9.47 Å². The van der Waals surface area contributed by atoms with Crippen molar-refractivity contribution in [2.24, 2.45) is 0 Å². The van der Waals surface area contributed by atoms with E-state index < -0.39 is 11.9 Å². The van der Waals surface area contributed by atoms with Crippen molar-refractivity contribution in [2.45, 2.75) is 27.3 Å². The molecular formula is C19H21NO5S. The van der Waals surface area contributed by atoms with Crippen molar-refractivity contribution in [3.05, 3.63) is 54.9 Å². The topological polar surface area (TPSA) is 74.6 Å². The van der Waals surface area contributed by atoms with E-state index in [1.165, 1.54) is 10.6 Å². The first-order valence-corrected chi connectivity index (χ1v) is 9.08. The van der Waals surface area contributed by atoms with Crippen molar-refractivity contribution in [2.75, 3.05) is 13.2 Å². The van der Waals surface area contributed by atoms with Gasteiger partial charge in [-0.2, -0.15) is 0 Å². The summed E-state index contributed by atoms with van der Waals surface area (Å²) >= 11 is 1.13. The van der Waals surface area contributed by atoms with Crippen LogP contribution in [0.15, 0.2) is 29.1 Å². The summed E-state index contributed by atoms with van der Waals surface area (Å²) in [7, 11) is 0. The van der Waals surface area contributed by atoms with Crippen LogP contribution in [0.3, 0.4) is 0 Å². The van der Waals surface area contributed by atoms with E-state index in [-0.39, 0.29) is 25.3 Å². The fraction of sp³-hybridized carbons (Fsp3) is 0.316. The molecule has 0 N–H and O–H groups in total. The average Bonchev–Trinajstić information content (AvgIpc) is 2.86. The monoisotopic (exact) mass is 375 g/mol. The molecule has 0 saturated heterocycles. The summed E-state index contributed by atoms with van der Waals surface area (Å²) in [4.78, 5) is 36.3. The van der Waals surface area contributed by atoms with Crippen molar-refractivity contribution in [1.82, 2.24) is 4.57 Å². The molecule has 1 aromatic carbocycles. The predicted molar refractivity (Wildman–Crippen MR) is 100 cm³/mol. The summed E-state index contributed by atoms with van der Waals surface area (Å²) in [6, 6.07) is 7.70. The minimum Gasteiger partial charge on any atom is -0.465 e. The number of ether oxygens (including phenoxy) is 2. The van der Waals surface area contributed by atoms with E-state index in [1.54, 1.807) is 19.9 Å². The highest BCUT2D eigenvalue weighted by Gasteiger charge is 2.11. The lowest BCUT2D eigenvalue weighted by Gasteiger charge is -2.02. The van der Waals surface area contributed by atoms with E-state index in [1.807, 2.05) is 31.2 Å². The maximum atomic E-state index is 12.7. The molecule has 0 aliphatic carbocycles. The number of carbonyl (C=O) groups is 2. The molecule has 1 aromatic heterocycles. The third kappa shape index (κ3) is 5.16. The number of aryl methyl sites for hydroxylation is 1. The van der Waals surface area contributed by atoms with Gasteiger partial charge in [-0.15, -0.1) is 11.3 Å². The Labute approximate surface area is 155 Å². The first kappa shape index (κ1) is 19.7. The lowest BCUT2D eigenvalue weighted by molar-refractivity contribution is -0.144. The molecule has 0 aliphatic heterocycles. The molecule has 0 radical (unpaired) electrons. The van der Waals surface area contributed by atoms with E-state index in [4.69, 9.17) is 9.47 Å². The Morgan fingerprint density at radius 3 is 2.38 bits per heavy atom. The van der Waals surface area contributed by atoms with Crippen LogP contribution >= 0.6 is 11.3 Å². The zero-order valence-electron chi connectivity index (χ0n) is 15.0. The second-order valence-electron chi connectivity index (χ2n) is 5.45. The summed E-state index contributed by atoms with van der Waals surface area (Å²) in [5, 5.41) is 0. The summed E-state index contributed by atoms with van der Waals surface area (Å²) in [5.74, 6) is -1.10. The SMILES string of the molecule is CCOC(=O)/C=c1/s/c(=C\c2ccc(C)cc2)c(=O)n1CC(=O)OCC. The number of thiazole rings is 1. The van der Waals surface area contributed by atoms with Crippen LogP contribution in [0.4, 0.5) is 0 Å². The molecular weight excluding hydrogens is 354 g/mol. The molecule has 7 heteroatoms. The second-order valence-corrected chi connectivity index (χ2v) is 6.51. The predicted octanol–water partition coefficient (Wildman–Crippen LogP) is 0.954. The number of aromatic nitrogens is 1. The first-order chi connectivity index (χ1) is 12.4. The molecule has 0 atom stereocenters. The Morgan fingerprint density at radius 1 is 1.12 bits per heavy atom. The van der Waals surface area contributed by atoms with Crippen molar-refractivity contribution < 1.29 is 19.1 Å². The van der Waals surface area contributed by atoms with E-state index in [0.29, 0.717) is 9.20 Å². The molecule has 2 aromatic rings. The minimum absolute atomic E-state index is 0.219. The van der Waals surface area contributed by atoms with Gasteiger partial charge in [0.05, 0.1) is 23.8 Å². The highest BCUT2D eigenvalue weighted by Crippen LogP contribution is 2.03. The van der Waals surface area contributed by atoms with Crippen molar-refractivity contribution in [1.29, 1.82) is 0 Å². The molecule has 26 heavy (non-hydrogen) atoms. The standard InChI is InChI=1S/C19H21NO5S/c1-4-24-17(21)11-16-20(12-18(22)25-5-2)19(23)15(26-16)10-14-8-6-13(3)7-9-14/h6-11H,4-5,12H2,1-3H3/b15-10-,16-11+. The van der Waals surface area contributed by atoms with Gasteiger partial charge in [0.2, 0.25) is 0 Å². The number of carbonyl (C=O) groups excluding carboxylic acids is 2. The summed E-state index contributed by atoms with van der Waals surface area (Å²) in [6.45, 7) is 5.56. The number of benzene rings is 1. The van der Waals surface area contributed by atoms with E-state index in [2.05, 4.69) is 0 Å². The maximum Gasteiger partial charge on any atom is 0.333 e. The summed E-state index contributed by atoms with van der Waals surface area (Å²) in [6.07, 6.45) is 2.96. The van der Waals surface area contributed by atoms with Crippen molar-refractivity contribution in [3.8, 4) is 0 Å². The zero-order valence-corrected chi connectivity index (χ0v) is 15.8. The van der Waals surface area contributed by atoms with Crippen LogP contribution in [-0.2, 0) is 25.6 Å². The van der Waals surface area contributed by atoms with Crippen molar-refractivity contribution in [3.63, 3.8) is 0 Å². The first-order valence-electron chi connectivity index (χ1n) is 8.26. The van der Waals surface area contributed by atoms with Crippen molar-refractivity contribution >= 4 is 35.4 Å². The molecule has 138 valence electrons. The maximum absolute atomic E-state index is 12.7. The quantitative estimate of drug-likeness (QED) is 0.703. The molecule has 0 spiro atoms. The second kappa shape index (κ2) is 9.15. The summed E-state index contributed by atoms with van der Waals surface area (Å²) < 4.78 is 11.8. The summed E-state index contributed by atoms with van der Waals surface area (Å²) in [5.41, 5.74) is 1.63. The van der Waals surface area contributed by atoms with Gasteiger partial charge >= 0.3 is 11.9 Å². The van der Waals surface area contributed by atoms with Crippen LogP contribution in [0.2, 0.25) is 0 Å². The van der Waals surface area contributed by atoms with Gasteiger partial charge in [0, 0.05) is 0 Å². The zero-order chi connectivity index (χ0) is 19.1. The highest BCUT2D eigenvalue weighted by molar-refractivity contribution is 7.07. The lowest BCUT2D eigenvalue weighted by atomic mass is 10.1. The number of rotatable bonds is 6. The molecule has 0 bridgehead atoms. The van der Waals surface area contributed by atoms with Gasteiger partial charge in [-0.25, -0.2) is 4.79 Å². The number of esters is 2. The molecule has 1 heterocycles. The van der Waals surface area contributed by atoms with Crippen LogP contribution in [-0.4, -0.2) is 29.7 Å². The van der Waals surface area contributed by atoms with Crippen LogP contribution in [0, 0.1) is 6.92 Å². The molecule has 0 aliphatic rings.